The number of halogens is 1. The Morgan fingerprint density at radius 3 is 2.70 bits per heavy atom. The molecule has 7 heteroatoms. The molecule has 5 rings (SSSR count). The molecule has 2 aliphatic heterocycles. The molecule has 0 unspecified atom stereocenters. The van der Waals surface area contributed by atoms with Crippen molar-refractivity contribution in [1.29, 1.82) is 0 Å². The first-order valence-electron chi connectivity index (χ1n) is 9.54. The minimum absolute atomic E-state index is 0.104. The van der Waals surface area contributed by atoms with Crippen molar-refractivity contribution in [3.05, 3.63) is 39.4 Å². The van der Waals surface area contributed by atoms with Crippen LogP contribution < -0.4 is 10.3 Å². The normalized spacial score (nSPS) is 24.6. The summed E-state index contributed by atoms with van der Waals surface area (Å²) in [4.78, 5) is 26.2. The molecule has 2 fully saturated rings. The summed E-state index contributed by atoms with van der Waals surface area (Å²) in [5.41, 5.74) is 1.00. The van der Waals surface area contributed by atoms with Crippen LogP contribution in [0.3, 0.4) is 0 Å². The van der Waals surface area contributed by atoms with Gasteiger partial charge in [-0.15, -0.1) is 0 Å². The molecule has 0 amide bonds. The van der Waals surface area contributed by atoms with Crippen molar-refractivity contribution in [3.63, 3.8) is 0 Å². The highest BCUT2D eigenvalue weighted by Crippen LogP contribution is 2.43. The van der Waals surface area contributed by atoms with Crippen LogP contribution in [0.4, 0.5) is 10.1 Å². The molecule has 2 atom stereocenters. The van der Waals surface area contributed by atoms with E-state index in [-0.39, 0.29) is 23.0 Å². The van der Waals surface area contributed by atoms with Gasteiger partial charge in [-0.2, -0.15) is 0 Å². The predicted molar refractivity (Wildman–Crippen MR) is 98.1 cm³/mol. The zero-order valence-electron chi connectivity index (χ0n) is 14.8. The van der Waals surface area contributed by atoms with Crippen molar-refractivity contribution < 1.29 is 19.4 Å². The van der Waals surface area contributed by atoms with E-state index in [1.165, 1.54) is 12.3 Å². The maximum absolute atomic E-state index is 15.2. The lowest BCUT2D eigenvalue weighted by molar-refractivity contribution is 0.0695. The molecule has 3 heterocycles. The van der Waals surface area contributed by atoms with Crippen molar-refractivity contribution in [3.8, 4) is 0 Å². The summed E-state index contributed by atoms with van der Waals surface area (Å²) >= 11 is 0. The van der Waals surface area contributed by atoms with E-state index in [2.05, 4.69) is 0 Å². The highest BCUT2D eigenvalue weighted by atomic mass is 19.1. The average Bonchev–Trinajstić information content (AvgIpc) is 3.40. The van der Waals surface area contributed by atoms with Crippen LogP contribution in [0.25, 0.3) is 10.9 Å². The highest BCUT2D eigenvalue weighted by molar-refractivity contribution is 5.95. The van der Waals surface area contributed by atoms with Gasteiger partial charge in [-0.1, -0.05) is 0 Å². The molecule has 2 aromatic rings. The van der Waals surface area contributed by atoms with Crippen LogP contribution in [0.15, 0.2) is 17.1 Å². The fourth-order valence-electron chi connectivity index (χ4n) is 4.85. The molecule has 0 bridgehead atoms. The summed E-state index contributed by atoms with van der Waals surface area (Å²) in [6.07, 6.45) is 5.80. The molecule has 2 N–H and O–H groups in total. The predicted octanol–water partition coefficient (Wildman–Crippen LogP) is 2.45. The first-order chi connectivity index (χ1) is 13.0. The van der Waals surface area contributed by atoms with Crippen LogP contribution in [-0.4, -0.2) is 39.4 Å². The van der Waals surface area contributed by atoms with Crippen molar-refractivity contribution in [1.82, 2.24) is 4.57 Å². The number of aliphatic hydroxyl groups is 1. The molecule has 142 valence electrons. The Labute approximate surface area is 154 Å². The number of carbonyl (C=O) groups is 1. The molecular formula is C20H21FN2O4. The molecule has 1 aromatic heterocycles. The van der Waals surface area contributed by atoms with Crippen LogP contribution in [0.1, 0.15) is 54.1 Å². The molecule has 1 saturated carbocycles. The molecule has 0 radical (unpaired) electrons. The molecule has 1 aromatic carbocycles. The number of nitrogens with zero attached hydrogens (tertiary/aromatic N) is 2. The number of aromatic nitrogens is 1. The van der Waals surface area contributed by atoms with E-state index in [1.54, 1.807) is 0 Å². The maximum atomic E-state index is 15.2. The molecule has 0 spiro atoms. The summed E-state index contributed by atoms with van der Waals surface area (Å²) in [6, 6.07) is 1.46. The minimum atomic E-state index is -1.28. The van der Waals surface area contributed by atoms with Crippen LogP contribution in [-0.2, 0) is 6.42 Å². The fourth-order valence-corrected chi connectivity index (χ4v) is 4.85. The van der Waals surface area contributed by atoms with Gasteiger partial charge in [0.15, 0.2) is 0 Å². The Hall–Kier alpha value is -2.41. The van der Waals surface area contributed by atoms with E-state index in [0.29, 0.717) is 30.6 Å². The zero-order valence-corrected chi connectivity index (χ0v) is 14.8. The number of hydrogen-bond acceptors (Lipinski definition) is 4. The number of pyridine rings is 1. The lowest BCUT2D eigenvalue weighted by atomic mass is 9.99. The molecule has 1 aliphatic carbocycles. The average molecular weight is 372 g/mol. The van der Waals surface area contributed by atoms with Gasteiger partial charge in [0.2, 0.25) is 5.43 Å². The first kappa shape index (κ1) is 16.7. The van der Waals surface area contributed by atoms with Gasteiger partial charge < -0.3 is 19.7 Å². The van der Waals surface area contributed by atoms with Crippen molar-refractivity contribution >= 4 is 22.6 Å². The molecule has 3 aliphatic rings. The van der Waals surface area contributed by atoms with Gasteiger partial charge in [-0.3, -0.25) is 4.79 Å². The smallest absolute Gasteiger partial charge is 0.341 e. The third-order valence-electron chi connectivity index (χ3n) is 6.15. The second kappa shape index (κ2) is 5.79. The van der Waals surface area contributed by atoms with E-state index in [1.807, 2.05) is 9.47 Å². The maximum Gasteiger partial charge on any atom is 0.341 e. The van der Waals surface area contributed by atoms with Crippen LogP contribution >= 0.6 is 0 Å². The molecule has 1 saturated heterocycles. The number of rotatable bonds is 2. The number of fused-ring (bicyclic) bond motifs is 5. The first-order valence-corrected chi connectivity index (χ1v) is 9.54. The second-order valence-corrected chi connectivity index (χ2v) is 7.99. The molecular weight excluding hydrogens is 351 g/mol. The summed E-state index contributed by atoms with van der Waals surface area (Å²) in [6.45, 7) is 0.390. The summed E-state index contributed by atoms with van der Waals surface area (Å²) in [5, 5.41) is 19.7. The lowest BCUT2D eigenvalue weighted by Crippen LogP contribution is -2.30. The number of aliphatic hydroxyl groups excluding tert-OH is 1. The van der Waals surface area contributed by atoms with Crippen molar-refractivity contribution in [2.24, 2.45) is 0 Å². The van der Waals surface area contributed by atoms with Crippen molar-refractivity contribution in [2.45, 2.75) is 56.7 Å². The second-order valence-electron chi connectivity index (χ2n) is 7.99. The van der Waals surface area contributed by atoms with E-state index >= 15 is 4.39 Å². The van der Waals surface area contributed by atoms with Gasteiger partial charge in [-0.25, -0.2) is 9.18 Å². The van der Waals surface area contributed by atoms with Crippen LogP contribution in [0.2, 0.25) is 0 Å². The standard InChI is InChI=1S/C20H21FN2O4/c21-16-7-14-17(23(10-4-5-10)9-15(19(14)25)20(26)27)13-3-1-2-11-6-12(24)8-22(11)18(13)16/h7,9-12,24H,1-6,8H2,(H,26,27)/t11-,12-/m1/s1. The number of hydrogen-bond donors (Lipinski definition) is 2. The van der Waals surface area contributed by atoms with Gasteiger partial charge in [0.25, 0.3) is 0 Å². The highest BCUT2D eigenvalue weighted by Gasteiger charge is 2.37. The Morgan fingerprint density at radius 1 is 1.22 bits per heavy atom. The van der Waals surface area contributed by atoms with Gasteiger partial charge >= 0.3 is 5.97 Å². The third-order valence-corrected chi connectivity index (χ3v) is 6.15. The quantitative estimate of drug-likeness (QED) is 0.846. The Balaban J connectivity index is 1.85. The lowest BCUT2D eigenvalue weighted by Gasteiger charge is -2.27. The van der Waals surface area contributed by atoms with Crippen LogP contribution in [0, 0.1) is 5.82 Å². The number of aryl methyl sites for hydroxylation is 1. The van der Waals surface area contributed by atoms with E-state index < -0.39 is 23.3 Å². The number of benzene rings is 1. The SMILES string of the molecule is O=C(O)c1cn(C2CC2)c2c3c(c(F)cc2c1=O)N1C[C@H](O)C[C@H]1CCC3. The summed E-state index contributed by atoms with van der Waals surface area (Å²) < 4.78 is 17.1. The minimum Gasteiger partial charge on any atom is -0.477 e. The topological polar surface area (TPSA) is 82.8 Å². The van der Waals surface area contributed by atoms with Gasteiger partial charge in [0, 0.05) is 35.8 Å². The van der Waals surface area contributed by atoms with E-state index in [0.717, 1.165) is 31.2 Å². The Bertz CT molecular complexity index is 1030. The van der Waals surface area contributed by atoms with Crippen LogP contribution in [0.5, 0.6) is 0 Å². The number of anilines is 1. The van der Waals surface area contributed by atoms with E-state index in [4.69, 9.17) is 0 Å². The number of aromatic carboxylic acids is 1. The zero-order chi connectivity index (χ0) is 18.9. The third kappa shape index (κ3) is 2.48. The monoisotopic (exact) mass is 372 g/mol. The molecule has 27 heavy (non-hydrogen) atoms. The van der Waals surface area contributed by atoms with E-state index in [9.17, 15) is 19.8 Å². The summed E-state index contributed by atoms with van der Waals surface area (Å²) in [5.74, 6) is -1.78. The summed E-state index contributed by atoms with van der Waals surface area (Å²) in [7, 11) is 0. The fraction of sp³-hybridized carbons (Fsp3) is 0.500. The van der Waals surface area contributed by atoms with Gasteiger partial charge in [0.1, 0.15) is 11.4 Å². The van der Waals surface area contributed by atoms with Crippen molar-refractivity contribution in [2.75, 3.05) is 11.4 Å². The molecule has 6 nitrogen and oxygen atoms in total. The van der Waals surface area contributed by atoms with Gasteiger partial charge in [-0.05, 0) is 44.6 Å². The number of carboxylic acid groups (broad SMARTS) is 1. The largest absolute Gasteiger partial charge is 0.477 e. The Morgan fingerprint density at radius 2 is 2.00 bits per heavy atom. The Kier molecular flexibility index (Phi) is 3.59. The number of carboxylic acids is 1. The van der Waals surface area contributed by atoms with Gasteiger partial charge in [0.05, 0.1) is 17.3 Å².